The second-order valence-corrected chi connectivity index (χ2v) is 3.54. The van der Waals surface area contributed by atoms with Crippen LogP contribution in [0.2, 0.25) is 0 Å². The molecule has 0 unspecified atom stereocenters. The van der Waals surface area contributed by atoms with E-state index in [1.807, 2.05) is 0 Å². The Hall–Kier alpha value is 0.793. The average Bonchev–Trinajstić information content (AvgIpc) is 1.31. The van der Waals surface area contributed by atoms with Crippen molar-refractivity contribution in [3.8, 4) is 0 Å². The molecule has 0 fully saturated rings. The Morgan fingerprint density at radius 1 is 1.38 bits per heavy atom. The molecular weight excluding hydrogens is 325 g/mol. The Bertz CT molecular complexity index is 137. The van der Waals surface area contributed by atoms with Gasteiger partial charge in [-0.15, -0.1) is 0 Å². The summed E-state index contributed by atoms with van der Waals surface area (Å²) < 4.78 is 27.8. The molecule has 8 heavy (non-hydrogen) atoms. The van der Waals surface area contributed by atoms with Gasteiger partial charge in [-0.2, -0.15) is 8.42 Å². The van der Waals surface area contributed by atoms with Crippen LogP contribution in [-0.4, -0.2) is 44.4 Å². The molecule has 1 N–H and O–H groups in total. The first-order valence-corrected chi connectivity index (χ1v) is 3.41. The van der Waals surface area contributed by atoms with Crippen molar-refractivity contribution >= 4 is 36.3 Å². The molecule has 0 bridgehead atoms. The van der Waals surface area contributed by atoms with Gasteiger partial charge in [0.1, 0.15) is 0 Å². The van der Waals surface area contributed by atoms with E-state index < -0.39 is 15.4 Å². The van der Waals surface area contributed by atoms with Crippen LogP contribution < -0.4 is 0 Å². The van der Waals surface area contributed by atoms with Gasteiger partial charge in [-0.25, -0.2) is 0 Å². The zero-order valence-corrected chi connectivity index (χ0v) is 11.3. The molecule has 52 valence electrons. The number of rotatable bonds is 1. The van der Waals surface area contributed by atoms with Gasteiger partial charge in [-0.1, -0.05) is 0 Å². The van der Waals surface area contributed by atoms with Crippen LogP contribution in [0.3, 0.4) is 0 Å². The zero-order chi connectivity index (χ0) is 6.08. The molecule has 0 aromatic carbocycles. The van der Waals surface area contributed by atoms with Gasteiger partial charge >= 0.3 is 26.2 Å². The Balaban J connectivity index is 0. The molecule has 0 radical (unpaired) electrons. The summed E-state index contributed by atoms with van der Waals surface area (Å²) in [4.78, 5) is 0. The third-order valence-corrected chi connectivity index (χ3v) is 1.79. The summed E-state index contributed by atoms with van der Waals surface area (Å²) in [6.07, 6.45) is 0. The van der Waals surface area contributed by atoms with Crippen molar-refractivity contribution in [2.75, 3.05) is 0 Å². The molecule has 3 nitrogen and oxygen atoms in total. The normalized spacial score (nSPS) is 11.0. The molecule has 0 aromatic heterocycles. The van der Waals surface area contributed by atoms with Gasteiger partial charge in [0.25, 0.3) is 10.1 Å². The SMILES string of the molecule is CC(C)S(=O)(=O)O.[BiH3]. The summed E-state index contributed by atoms with van der Waals surface area (Å²) in [5, 5.41) is -0.674. The van der Waals surface area contributed by atoms with Crippen molar-refractivity contribution in [2.45, 2.75) is 19.1 Å². The predicted octanol–water partition coefficient (Wildman–Crippen LogP) is -0.901. The van der Waals surface area contributed by atoms with Crippen molar-refractivity contribution in [1.29, 1.82) is 0 Å². The molecule has 0 aliphatic carbocycles. The first-order valence-electron chi connectivity index (χ1n) is 1.91. The summed E-state index contributed by atoms with van der Waals surface area (Å²) in [7, 11) is -3.74. The van der Waals surface area contributed by atoms with E-state index in [9.17, 15) is 8.42 Å². The summed E-state index contributed by atoms with van der Waals surface area (Å²) in [5.74, 6) is 0. The van der Waals surface area contributed by atoms with E-state index in [0.717, 1.165) is 0 Å². The van der Waals surface area contributed by atoms with Crippen molar-refractivity contribution in [1.82, 2.24) is 0 Å². The van der Waals surface area contributed by atoms with Gasteiger partial charge in [0.05, 0.1) is 5.25 Å². The molecular formula is C3H11BiO3S. The molecule has 0 atom stereocenters. The monoisotopic (exact) mass is 336 g/mol. The Labute approximate surface area is 68.3 Å². The molecule has 0 amide bonds. The van der Waals surface area contributed by atoms with Crippen LogP contribution >= 0.6 is 0 Å². The molecule has 0 saturated heterocycles. The number of hydrogen-bond acceptors (Lipinski definition) is 2. The molecule has 0 aliphatic rings. The van der Waals surface area contributed by atoms with E-state index in [2.05, 4.69) is 0 Å². The second-order valence-electron chi connectivity index (χ2n) is 1.56. The molecule has 0 aliphatic heterocycles. The van der Waals surface area contributed by atoms with Crippen LogP contribution in [0.15, 0.2) is 0 Å². The van der Waals surface area contributed by atoms with Crippen molar-refractivity contribution < 1.29 is 13.0 Å². The van der Waals surface area contributed by atoms with Crippen LogP contribution in [0.1, 0.15) is 13.8 Å². The van der Waals surface area contributed by atoms with Crippen molar-refractivity contribution in [3.63, 3.8) is 0 Å². The Morgan fingerprint density at radius 3 is 1.50 bits per heavy atom. The van der Waals surface area contributed by atoms with Gasteiger partial charge < -0.3 is 0 Å². The van der Waals surface area contributed by atoms with Gasteiger partial charge in [-0.3, -0.25) is 4.55 Å². The first kappa shape index (κ1) is 11.6. The van der Waals surface area contributed by atoms with Crippen LogP contribution in [0, 0.1) is 0 Å². The molecule has 5 heteroatoms. The van der Waals surface area contributed by atoms with E-state index in [0.29, 0.717) is 0 Å². The zero-order valence-electron chi connectivity index (χ0n) is 4.96. The van der Waals surface area contributed by atoms with E-state index in [4.69, 9.17) is 4.55 Å². The Morgan fingerprint density at radius 2 is 1.50 bits per heavy atom. The van der Waals surface area contributed by atoms with Gasteiger partial charge in [0, 0.05) is 0 Å². The fourth-order valence-electron chi connectivity index (χ4n) is 0. The summed E-state index contributed by atoms with van der Waals surface area (Å²) >= 11 is 0. The summed E-state index contributed by atoms with van der Waals surface area (Å²) in [6, 6.07) is 0. The predicted molar refractivity (Wildman–Crippen MR) is 36.6 cm³/mol. The average molecular weight is 336 g/mol. The van der Waals surface area contributed by atoms with Crippen LogP contribution in [0.5, 0.6) is 0 Å². The molecule has 0 rings (SSSR count). The third-order valence-electron chi connectivity index (χ3n) is 0.596. The fraction of sp³-hybridized carbons (Fsp3) is 1.00. The van der Waals surface area contributed by atoms with Crippen molar-refractivity contribution in [3.05, 3.63) is 0 Å². The van der Waals surface area contributed by atoms with Crippen LogP contribution in [0.25, 0.3) is 0 Å². The second kappa shape index (κ2) is 3.75. The van der Waals surface area contributed by atoms with Crippen LogP contribution in [0.4, 0.5) is 0 Å². The molecule has 0 heterocycles. The Kier molecular flexibility index (Phi) is 5.42. The summed E-state index contributed by atoms with van der Waals surface area (Å²) in [6.45, 7) is 2.82. The summed E-state index contributed by atoms with van der Waals surface area (Å²) in [5.41, 5.74) is 0. The number of hydrogen-bond donors (Lipinski definition) is 1. The first-order chi connectivity index (χ1) is 2.94. The minimum absolute atomic E-state index is 0. The molecule has 0 aromatic rings. The van der Waals surface area contributed by atoms with Gasteiger partial charge in [0.2, 0.25) is 0 Å². The standard InChI is InChI=1S/C3H8O3S.Bi.3H/c1-3(2)7(4,5)6;;;;/h3H,1-2H3,(H,4,5,6);;;;. The van der Waals surface area contributed by atoms with Crippen LogP contribution in [-0.2, 0) is 10.1 Å². The van der Waals surface area contributed by atoms with E-state index in [1.54, 1.807) is 0 Å². The van der Waals surface area contributed by atoms with E-state index >= 15 is 0 Å². The van der Waals surface area contributed by atoms with Gasteiger partial charge in [0.15, 0.2) is 0 Å². The molecule has 0 spiro atoms. The maximum atomic E-state index is 9.89. The fourth-order valence-corrected chi connectivity index (χ4v) is 0. The molecule has 0 saturated carbocycles. The maximum absolute atomic E-state index is 9.89. The van der Waals surface area contributed by atoms with E-state index in [-0.39, 0.29) is 26.2 Å². The minimum atomic E-state index is -3.74. The van der Waals surface area contributed by atoms with E-state index in [1.165, 1.54) is 13.8 Å². The van der Waals surface area contributed by atoms with Crippen molar-refractivity contribution in [2.24, 2.45) is 0 Å². The topological polar surface area (TPSA) is 54.4 Å². The van der Waals surface area contributed by atoms with Gasteiger partial charge in [-0.05, 0) is 13.8 Å². The quantitative estimate of drug-likeness (QED) is 0.499. The third kappa shape index (κ3) is 4.94.